The van der Waals surface area contributed by atoms with Crippen molar-refractivity contribution in [1.82, 2.24) is 10.3 Å². The van der Waals surface area contributed by atoms with Crippen LogP contribution in [0.2, 0.25) is 5.15 Å². The Labute approximate surface area is 127 Å². The van der Waals surface area contributed by atoms with Gasteiger partial charge >= 0.3 is 0 Å². The molecular weight excluding hydrogens is 292 g/mol. The first-order chi connectivity index (χ1) is 9.90. The van der Waals surface area contributed by atoms with Crippen LogP contribution in [0, 0.1) is 6.92 Å². The summed E-state index contributed by atoms with van der Waals surface area (Å²) in [5.41, 5.74) is 2.08. The lowest BCUT2D eigenvalue weighted by atomic mass is 10.0. The molecule has 3 N–H and O–H groups in total. The van der Waals surface area contributed by atoms with E-state index in [1.54, 1.807) is 6.07 Å². The van der Waals surface area contributed by atoms with Gasteiger partial charge in [-0.2, -0.15) is 0 Å². The predicted octanol–water partition coefficient (Wildman–Crippen LogP) is 1.73. The van der Waals surface area contributed by atoms with E-state index < -0.39 is 12.2 Å². The number of nitrogens with one attached hydrogen (secondary N) is 1. The number of benzene rings is 1. The van der Waals surface area contributed by atoms with Gasteiger partial charge in [-0.15, -0.1) is 0 Å². The highest BCUT2D eigenvalue weighted by molar-refractivity contribution is 6.30. The van der Waals surface area contributed by atoms with E-state index in [0.717, 1.165) is 16.5 Å². The molecule has 1 aromatic heterocycles. The highest BCUT2D eigenvalue weighted by atomic mass is 35.5. The maximum absolute atomic E-state index is 10.8. The quantitative estimate of drug-likeness (QED) is 0.751. The molecule has 21 heavy (non-hydrogen) atoms. The van der Waals surface area contributed by atoms with Crippen molar-refractivity contribution in [2.75, 3.05) is 6.54 Å². The van der Waals surface area contributed by atoms with Gasteiger partial charge in [0.1, 0.15) is 17.4 Å². The standard InChI is InChI=1S/C15H17ClN2O3/c1-8-4-3-5-10-6-11(15(16)18-13(8)10)14(21)12(20)7-17-9(2)19/h3-6,12,14,20-21H,7H2,1-2H3,(H,17,19). The van der Waals surface area contributed by atoms with Crippen molar-refractivity contribution in [2.24, 2.45) is 0 Å². The number of nitrogens with zero attached hydrogens (tertiary/aromatic N) is 1. The Morgan fingerprint density at radius 1 is 1.43 bits per heavy atom. The summed E-state index contributed by atoms with van der Waals surface area (Å²) in [4.78, 5) is 15.1. The van der Waals surface area contributed by atoms with Crippen LogP contribution >= 0.6 is 11.6 Å². The van der Waals surface area contributed by atoms with Gasteiger partial charge in [0.25, 0.3) is 0 Å². The fourth-order valence-electron chi connectivity index (χ4n) is 2.12. The van der Waals surface area contributed by atoms with Crippen molar-refractivity contribution in [1.29, 1.82) is 0 Å². The first-order valence-electron chi connectivity index (χ1n) is 6.56. The Morgan fingerprint density at radius 2 is 2.14 bits per heavy atom. The molecule has 2 aromatic rings. The third-order valence-corrected chi connectivity index (χ3v) is 3.57. The molecule has 1 heterocycles. The molecule has 0 radical (unpaired) electrons. The average molecular weight is 309 g/mol. The van der Waals surface area contributed by atoms with Crippen LogP contribution in [0.15, 0.2) is 24.3 Å². The Bertz CT molecular complexity index is 675. The van der Waals surface area contributed by atoms with Gasteiger partial charge in [0.05, 0.1) is 5.52 Å². The van der Waals surface area contributed by atoms with E-state index in [2.05, 4.69) is 10.3 Å². The second kappa shape index (κ2) is 6.39. The maximum Gasteiger partial charge on any atom is 0.216 e. The van der Waals surface area contributed by atoms with Crippen LogP contribution in [0.1, 0.15) is 24.2 Å². The molecule has 5 nitrogen and oxygen atoms in total. The fraction of sp³-hybridized carbons (Fsp3) is 0.333. The molecule has 2 unspecified atom stereocenters. The van der Waals surface area contributed by atoms with Crippen LogP contribution in [-0.4, -0.2) is 33.8 Å². The van der Waals surface area contributed by atoms with E-state index in [1.165, 1.54) is 6.92 Å². The number of fused-ring (bicyclic) bond motifs is 1. The summed E-state index contributed by atoms with van der Waals surface area (Å²) in [7, 11) is 0. The van der Waals surface area contributed by atoms with E-state index in [0.29, 0.717) is 5.56 Å². The number of aryl methyl sites for hydroxylation is 1. The number of rotatable bonds is 4. The first kappa shape index (κ1) is 15.7. The topological polar surface area (TPSA) is 82.5 Å². The van der Waals surface area contributed by atoms with E-state index in [-0.39, 0.29) is 17.6 Å². The number of hydrogen-bond donors (Lipinski definition) is 3. The predicted molar refractivity (Wildman–Crippen MR) is 81.1 cm³/mol. The van der Waals surface area contributed by atoms with E-state index in [1.807, 2.05) is 25.1 Å². The minimum Gasteiger partial charge on any atom is -0.388 e. The third-order valence-electron chi connectivity index (χ3n) is 3.27. The summed E-state index contributed by atoms with van der Waals surface area (Å²) >= 11 is 6.11. The van der Waals surface area contributed by atoms with Crippen molar-refractivity contribution >= 4 is 28.4 Å². The molecule has 0 aliphatic rings. The van der Waals surface area contributed by atoms with Gasteiger partial charge in [0.2, 0.25) is 5.91 Å². The number of carbonyl (C=O) groups excluding carboxylic acids is 1. The molecule has 2 atom stereocenters. The van der Waals surface area contributed by atoms with E-state index in [9.17, 15) is 15.0 Å². The van der Waals surface area contributed by atoms with Gasteiger partial charge in [-0.05, 0) is 18.6 Å². The zero-order valence-electron chi connectivity index (χ0n) is 11.8. The molecule has 1 amide bonds. The summed E-state index contributed by atoms with van der Waals surface area (Å²) in [6.45, 7) is 3.21. The molecule has 0 saturated heterocycles. The van der Waals surface area contributed by atoms with Crippen molar-refractivity contribution in [3.05, 3.63) is 40.5 Å². The van der Waals surface area contributed by atoms with Crippen LogP contribution in [0.3, 0.4) is 0 Å². The Hall–Kier alpha value is -1.69. The molecule has 0 fully saturated rings. The van der Waals surface area contributed by atoms with Gasteiger partial charge in [-0.1, -0.05) is 29.8 Å². The number of aliphatic hydroxyl groups excluding tert-OH is 2. The summed E-state index contributed by atoms with van der Waals surface area (Å²) in [5.74, 6) is -0.278. The molecular formula is C15H17ClN2O3. The summed E-state index contributed by atoms with van der Waals surface area (Å²) < 4.78 is 0. The number of halogens is 1. The monoisotopic (exact) mass is 308 g/mol. The number of aliphatic hydroxyl groups is 2. The lowest BCUT2D eigenvalue weighted by Crippen LogP contribution is -2.34. The normalized spacial score (nSPS) is 14.0. The zero-order chi connectivity index (χ0) is 15.6. The van der Waals surface area contributed by atoms with Crippen molar-refractivity contribution in [3.8, 4) is 0 Å². The first-order valence-corrected chi connectivity index (χ1v) is 6.94. The molecule has 0 spiro atoms. The number of carbonyl (C=O) groups is 1. The third kappa shape index (κ3) is 3.50. The highest BCUT2D eigenvalue weighted by Gasteiger charge is 2.22. The second-order valence-electron chi connectivity index (χ2n) is 4.96. The van der Waals surface area contributed by atoms with Crippen LogP contribution < -0.4 is 5.32 Å². The van der Waals surface area contributed by atoms with Crippen LogP contribution in [0.4, 0.5) is 0 Å². The Balaban J connectivity index is 2.32. The van der Waals surface area contributed by atoms with Gasteiger partial charge in [0.15, 0.2) is 0 Å². The minimum absolute atomic E-state index is 0.0569. The minimum atomic E-state index is -1.22. The molecule has 0 bridgehead atoms. The lowest BCUT2D eigenvalue weighted by molar-refractivity contribution is -0.119. The summed E-state index contributed by atoms with van der Waals surface area (Å²) in [6, 6.07) is 7.38. The molecule has 0 saturated carbocycles. The second-order valence-corrected chi connectivity index (χ2v) is 5.32. The number of para-hydroxylation sites is 1. The van der Waals surface area contributed by atoms with E-state index in [4.69, 9.17) is 11.6 Å². The molecule has 1 aromatic carbocycles. The number of amides is 1. The molecule has 6 heteroatoms. The van der Waals surface area contributed by atoms with E-state index >= 15 is 0 Å². The zero-order valence-corrected chi connectivity index (χ0v) is 12.6. The fourth-order valence-corrected chi connectivity index (χ4v) is 2.37. The largest absolute Gasteiger partial charge is 0.388 e. The SMILES string of the molecule is CC(=O)NCC(O)C(O)c1cc2cccc(C)c2nc1Cl. The van der Waals surface area contributed by atoms with Crippen molar-refractivity contribution in [2.45, 2.75) is 26.1 Å². The Morgan fingerprint density at radius 3 is 2.81 bits per heavy atom. The van der Waals surface area contributed by atoms with Gasteiger partial charge in [-0.25, -0.2) is 4.98 Å². The molecule has 0 aliphatic heterocycles. The maximum atomic E-state index is 10.8. The van der Waals surface area contributed by atoms with Crippen molar-refractivity contribution in [3.63, 3.8) is 0 Å². The Kier molecular flexibility index (Phi) is 4.77. The van der Waals surface area contributed by atoms with Crippen LogP contribution in [0.5, 0.6) is 0 Å². The lowest BCUT2D eigenvalue weighted by Gasteiger charge is -2.19. The molecule has 112 valence electrons. The van der Waals surface area contributed by atoms with Crippen LogP contribution in [-0.2, 0) is 4.79 Å². The van der Waals surface area contributed by atoms with Gasteiger partial charge in [0, 0.05) is 24.4 Å². The number of hydrogen-bond acceptors (Lipinski definition) is 4. The number of pyridine rings is 1. The van der Waals surface area contributed by atoms with Crippen LogP contribution in [0.25, 0.3) is 10.9 Å². The van der Waals surface area contributed by atoms with Crippen molar-refractivity contribution < 1.29 is 15.0 Å². The molecule has 2 rings (SSSR count). The summed E-state index contributed by atoms with van der Waals surface area (Å²) in [5, 5.41) is 23.5. The molecule has 0 aliphatic carbocycles. The van der Waals surface area contributed by atoms with Gasteiger partial charge in [-0.3, -0.25) is 4.79 Å². The summed E-state index contributed by atoms with van der Waals surface area (Å²) in [6.07, 6.45) is -2.38. The average Bonchev–Trinajstić information content (AvgIpc) is 2.44. The van der Waals surface area contributed by atoms with Gasteiger partial charge < -0.3 is 15.5 Å². The highest BCUT2D eigenvalue weighted by Crippen LogP contribution is 2.28. The smallest absolute Gasteiger partial charge is 0.216 e. The number of aromatic nitrogens is 1.